The highest BCUT2D eigenvalue weighted by Crippen LogP contribution is 2.34. The molecule has 3 atom stereocenters. The maximum Gasteiger partial charge on any atom is 0.221 e. The molecule has 0 spiro atoms. The van der Waals surface area contributed by atoms with Gasteiger partial charge < -0.3 is 5.73 Å². The number of allylic oxidation sites excluding steroid dienone is 1. The molecule has 3 nitrogen and oxygen atoms in total. The summed E-state index contributed by atoms with van der Waals surface area (Å²) in [6, 6.07) is 0. The largest absolute Gasteiger partial charge is 0.369 e. The summed E-state index contributed by atoms with van der Waals surface area (Å²) in [6.07, 6.45) is 1.19. The van der Waals surface area contributed by atoms with Crippen LogP contribution in [0.15, 0.2) is 12.2 Å². The number of carbonyl (C=O) groups is 2. The van der Waals surface area contributed by atoms with Crippen LogP contribution in [-0.2, 0) is 9.59 Å². The standard InChI is InChI=1S/C11H17NO2/c1-6(2)8-4-9(11(12)14)7(3)10(13)5-8/h7-9H,1,4-5H2,2-3H3,(H2,12,14). The van der Waals surface area contributed by atoms with E-state index in [9.17, 15) is 9.59 Å². The SMILES string of the molecule is C=C(C)C1CC(=O)C(C)C(C(N)=O)C1. The van der Waals surface area contributed by atoms with Crippen LogP contribution in [0.25, 0.3) is 0 Å². The first kappa shape index (κ1) is 11.0. The average molecular weight is 195 g/mol. The number of Topliss-reactive ketones (excluding diaryl/α,β-unsaturated/α-hetero) is 1. The Morgan fingerprint density at radius 1 is 1.57 bits per heavy atom. The summed E-state index contributed by atoms with van der Waals surface area (Å²) in [6.45, 7) is 7.51. The highest BCUT2D eigenvalue weighted by atomic mass is 16.1. The zero-order chi connectivity index (χ0) is 10.9. The van der Waals surface area contributed by atoms with Crippen molar-refractivity contribution >= 4 is 11.7 Å². The molecule has 0 heterocycles. The molecule has 1 fully saturated rings. The number of hydrogen-bond donors (Lipinski definition) is 1. The number of ketones is 1. The minimum Gasteiger partial charge on any atom is -0.369 e. The third-order valence-corrected chi connectivity index (χ3v) is 3.16. The van der Waals surface area contributed by atoms with Gasteiger partial charge in [-0.25, -0.2) is 0 Å². The Labute approximate surface area is 84.4 Å². The Balaban J connectivity index is 2.81. The van der Waals surface area contributed by atoms with Gasteiger partial charge in [-0.05, 0) is 19.3 Å². The molecule has 1 amide bonds. The fourth-order valence-electron chi connectivity index (χ4n) is 1.99. The predicted molar refractivity (Wildman–Crippen MR) is 54.4 cm³/mol. The van der Waals surface area contributed by atoms with Gasteiger partial charge in [0.05, 0.1) is 0 Å². The fraction of sp³-hybridized carbons (Fsp3) is 0.636. The van der Waals surface area contributed by atoms with E-state index in [0.29, 0.717) is 12.8 Å². The van der Waals surface area contributed by atoms with Crippen molar-refractivity contribution in [3.8, 4) is 0 Å². The molecule has 0 bridgehead atoms. The molecule has 3 heteroatoms. The van der Waals surface area contributed by atoms with E-state index < -0.39 is 0 Å². The third kappa shape index (κ3) is 2.03. The number of primary amides is 1. The molecule has 0 aromatic carbocycles. The van der Waals surface area contributed by atoms with Crippen LogP contribution in [0.4, 0.5) is 0 Å². The van der Waals surface area contributed by atoms with Gasteiger partial charge in [-0.3, -0.25) is 9.59 Å². The molecule has 0 aliphatic heterocycles. The highest BCUT2D eigenvalue weighted by Gasteiger charge is 2.36. The van der Waals surface area contributed by atoms with Crippen LogP contribution < -0.4 is 5.73 Å². The lowest BCUT2D eigenvalue weighted by atomic mass is 9.72. The summed E-state index contributed by atoms with van der Waals surface area (Å²) in [5, 5.41) is 0. The summed E-state index contributed by atoms with van der Waals surface area (Å²) in [5.74, 6) is -0.623. The second kappa shape index (κ2) is 3.95. The zero-order valence-electron chi connectivity index (χ0n) is 8.75. The fourth-order valence-corrected chi connectivity index (χ4v) is 1.99. The van der Waals surface area contributed by atoms with E-state index in [1.807, 2.05) is 6.92 Å². The molecule has 1 aliphatic carbocycles. The van der Waals surface area contributed by atoms with Gasteiger partial charge in [0.2, 0.25) is 5.91 Å². The van der Waals surface area contributed by atoms with Crippen molar-refractivity contribution in [2.45, 2.75) is 26.7 Å². The first-order valence-corrected chi connectivity index (χ1v) is 4.91. The second-order valence-corrected chi connectivity index (χ2v) is 4.25. The highest BCUT2D eigenvalue weighted by molar-refractivity contribution is 5.89. The molecule has 1 rings (SSSR count). The maximum atomic E-state index is 11.6. The van der Waals surface area contributed by atoms with Crippen molar-refractivity contribution in [3.05, 3.63) is 12.2 Å². The lowest BCUT2D eigenvalue weighted by Crippen LogP contribution is -2.39. The van der Waals surface area contributed by atoms with E-state index in [0.717, 1.165) is 5.57 Å². The maximum absolute atomic E-state index is 11.6. The average Bonchev–Trinajstić information content (AvgIpc) is 2.08. The normalized spacial score (nSPS) is 32.7. The van der Waals surface area contributed by atoms with Gasteiger partial charge in [-0.15, -0.1) is 0 Å². The van der Waals surface area contributed by atoms with E-state index in [2.05, 4.69) is 6.58 Å². The minimum absolute atomic E-state index is 0.132. The predicted octanol–water partition coefficient (Wildman–Crippen LogP) is 1.28. The van der Waals surface area contributed by atoms with E-state index in [1.54, 1.807) is 6.92 Å². The van der Waals surface area contributed by atoms with Crippen molar-refractivity contribution in [2.75, 3.05) is 0 Å². The van der Waals surface area contributed by atoms with Crippen LogP contribution in [0, 0.1) is 17.8 Å². The molecule has 2 N–H and O–H groups in total. The minimum atomic E-state index is -0.364. The van der Waals surface area contributed by atoms with Gasteiger partial charge in [0.1, 0.15) is 5.78 Å². The lowest BCUT2D eigenvalue weighted by Gasteiger charge is -2.31. The topological polar surface area (TPSA) is 60.2 Å². The number of hydrogen-bond acceptors (Lipinski definition) is 2. The zero-order valence-corrected chi connectivity index (χ0v) is 8.75. The van der Waals surface area contributed by atoms with E-state index in [-0.39, 0.29) is 29.4 Å². The van der Waals surface area contributed by atoms with E-state index in [4.69, 9.17) is 5.73 Å². The molecular formula is C11H17NO2. The van der Waals surface area contributed by atoms with Crippen molar-refractivity contribution in [2.24, 2.45) is 23.5 Å². The number of carbonyl (C=O) groups excluding carboxylic acids is 2. The molecule has 1 saturated carbocycles. The first-order valence-electron chi connectivity index (χ1n) is 4.91. The summed E-state index contributed by atoms with van der Waals surface area (Å²) in [5.41, 5.74) is 6.23. The lowest BCUT2D eigenvalue weighted by molar-refractivity contribution is -0.135. The molecule has 0 aromatic heterocycles. The smallest absolute Gasteiger partial charge is 0.221 e. The monoisotopic (exact) mass is 195 g/mol. The summed E-state index contributed by atoms with van der Waals surface area (Å²) in [4.78, 5) is 22.7. The van der Waals surface area contributed by atoms with Crippen molar-refractivity contribution in [1.82, 2.24) is 0 Å². The number of rotatable bonds is 2. The summed E-state index contributed by atoms with van der Waals surface area (Å²) < 4.78 is 0. The van der Waals surface area contributed by atoms with Gasteiger partial charge in [-0.2, -0.15) is 0 Å². The summed E-state index contributed by atoms with van der Waals surface area (Å²) >= 11 is 0. The Morgan fingerprint density at radius 2 is 2.14 bits per heavy atom. The first-order chi connectivity index (χ1) is 6.43. The van der Waals surface area contributed by atoms with Crippen LogP contribution in [0.3, 0.4) is 0 Å². The second-order valence-electron chi connectivity index (χ2n) is 4.25. The third-order valence-electron chi connectivity index (χ3n) is 3.16. The van der Waals surface area contributed by atoms with E-state index in [1.165, 1.54) is 0 Å². The Kier molecular flexibility index (Phi) is 3.09. The van der Waals surface area contributed by atoms with Crippen LogP contribution in [0.2, 0.25) is 0 Å². The van der Waals surface area contributed by atoms with Crippen LogP contribution in [-0.4, -0.2) is 11.7 Å². The van der Waals surface area contributed by atoms with Crippen LogP contribution in [0.5, 0.6) is 0 Å². The molecule has 0 radical (unpaired) electrons. The molecular weight excluding hydrogens is 178 g/mol. The molecule has 3 unspecified atom stereocenters. The Morgan fingerprint density at radius 3 is 2.57 bits per heavy atom. The van der Waals surface area contributed by atoms with Gasteiger partial charge in [0.25, 0.3) is 0 Å². The van der Waals surface area contributed by atoms with E-state index >= 15 is 0 Å². The molecule has 78 valence electrons. The van der Waals surface area contributed by atoms with Crippen LogP contribution in [0.1, 0.15) is 26.7 Å². The van der Waals surface area contributed by atoms with Gasteiger partial charge in [0.15, 0.2) is 0 Å². The van der Waals surface area contributed by atoms with Gasteiger partial charge >= 0.3 is 0 Å². The molecule has 14 heavy (non-hydrogen) atoms. The quantitative estimate of drug-likeness (QED) is 0.675. The van der Waals surface area contributed by atoms with Crippen molar-refractivity contribution in [1.29, 1.82) is 0 Å². The number of amides is 1. The number of nitrogens with two attached hydrogens (primary N) is 1. The molecule has 0 saturated heterocycles. The van der Waals surface area contributed by atoms with Gasteiger partial charge in [-0.1, -0.05) is 19.1 Å². The van der Waals surface area contributed by atoms with Crippen molar-refractivity contribution < 1.29 is 9.59 Å². The van der Waals surface area contributed by atoms with Crippen molar-refractivity contribution in [3.63, 3.8) is 0 Å². The Hall–Kier alpha value is -1.12. The Bertz CT molecular complexity index is 283. The molecule has 1 aliphatic rings. The summed E-state index contributed by atoms with van der Waals surface area (Å²) in [7, 11) is 0. The molecule has 0 aromatic rings. The van der Waals surface area contributed by atoms with Gasteiger partial charge in [0, 0.05) is 18.3 Å². The van der Waals surface area contributed by atoms with Crippen LogP contribution >= 0.6 is 0 Å².